The Morgan fingerprint density at radius 2 is 1.90 bits per heavy atom. The number of hydrogen-bond donors (Lipinski definition) is 0. The van der Waals surface area contributed by atoms with Crippen LogP contribution in [0.25, 0.3) is 0 Å². The van der Waals surface area contributed by atoms with Gasteiger partial charge in [0.1, 0.15) is 0 Å². The molecule has 2 bridgehead atoms. The van der Waals surface area contributed by atoms with Crippen molar-refractivity contribution in [3.05, 3.63) is 0 Å². The predicted octanol–water partition coefficient (Wildman–Crippen LogP) is 2.39. The molecular formula is C15H22O5. The Morgan fingerprint density at radius 3 is 2.70 bits per heavy atom. The Hall–Kier alpha value is -0.650. The fourth-order valence-electron chi connectivity index (χ4n) is 4.76. The van der Waals surface area contributed by atoms with Gasteiger partial charge >= 0.3 is 5.97 Å². The van der Waals surface area contributed by atoms with E-state index in [0.29, 0.717) is 11.8 Å². The van der Waals surface area contributed by atoms with Crippen LogP contribution in [0.1, 0.15) is 46.5 Å². The second kappa shape index (κ2) is 3.96. The number of carbonyl (C=O) groups excluding carboxylic acids is 1. The van der Waals surface area contributed by atoms with Crippen LogP contribution in [0.15, 0.2) is 0 Å². The quantitative estimate of drug-likeness (QED) is 0.504. The molecule has 1 saturated carbocycles. The monoisotopic (exact) mass is 282 g/mol. The molecule has 1 spiro atoms. The second-order valence-corrected chi connectivity index (χ2v) is 7.14. The molecule has 0 radical (unpaired) electrons. The molecule has 4 heterocycles. The summed E-state index contributed by atoms with van der Waals surface area (Å²) in [5, 5.41) is 0. The standard InChI is InChI=1S/C15H22O5/c1-8-4-5-11-9(2)12(16)17-13-15(11)10(8)6-7-14(3,18-13)19-20-15/h8-11,13H,4-7H2,1-3H3/t8-,9-,10?,11?,13?,14+,15-/m1/s1. The van der Waals surface area contributed by atoms with E-state index in [-0.39, 0.29) is 17.8 Å². The van der Waals surface area contributed by atoms with Crippen molar-refractivity contribution < 1.29 is 24.0 Å². The third-order valence-corrected chi connectivity index (χ3v) is 5.97. The van der Waals surface area contributed by atoms with E-state index in [1.807, 2.05) is 13.8 Å². The number of esters is 1. The number of hydrogen-bond acceptors (Lipinski definition) is 5. The normalized spacial score (nSPS) is 57.8. The van der Waals surface area contributed by atoms with E-state index >= 15 is 0 Å². The maximum Gasteiger partial charge on any atom is 0.311 e. The van der Waals surface area contributed by atoms with Crippen LogP contribution in [-0.4, -0.2) is 23.6 Å². The minimum atomic E-state index is -0.793. The average Bonchev–Trinajstić information content (AvgIpc) is 2.63. The molecule has 1 aliphatic carbocycles. The van der Waals surface area contributed by atoms with Gasteiger partial charge in [-0.2, -0.15) is 0 Å². The van der Waals surface area contributed by atoms with E-state index in [9.17, 15) is 4.79 Å². The number of carbonyl (C=O) groups is 1. The summed E-state index contributed by atoms with van der Waals surface area (Å²) in [5.74, 6) is -0.137. The van der Waals surface area contributed by atoms with Crippen molar-refractivity contribution in [2.45, 2.75) is 64.1 Å². The van der Waals surface area contributed by atoms with Crippen molar-refractivity contribution in [3.8, 4) is 0 Å². The lowest BCUT2D eigenvalue weighted by atomic mass is 9.58. The Balaban J connectivity index is 1.84. The third-order valence-electron chi connectivity index (χ3n) is 5.97. The average molecular weight is 282 g/mol. The first-order valence-electron chi connectivity index (χ1n) is 7.71. The summed E-state index contributed by atoms with van der Waals surface area (Å²) in [6, 6.07) is 0. The molecule has 3 unspecified atom stereocenters. The minimum absolute atomic E-state index is 0.123. The van der Waals surface area contributed by atoms with Gasteiger partial charge in [0.25, 0.3) is 0 Å². The highest BCUT2D eigenvalue weighted by molar-refractivity contribution is 5.74. The van der Waals surface area contributed by atoms with Gasteiger partial charge in [-0.05, 0) is 32.1 Å². The maximum absolute atomic E-state index is 12.1. The summed E-state index contributed by atoms with van der Waals surface area (Å²) in [6.45, 7) is 6.06. The molecule has 5 rings (SSSR count). The van der Waals surface area contributed by atoms with Crippen molar-refractivity contribution >= 4 is 5.97 Å². The molecule has 7 atom stereocenters. The fraction of sp³-hybridized carbons (Fsp3) is 0.933. The summed E-state index contributed by atoms with van der Waals surface area (Å²) in [4.78, 5) is 23.7. The molecule has 5 nitrogen and oxygen atoms in total. The molecule has 0 aromatic heterocycles. The molecule has 0 aromatic rings. The first kappa shape index (κ1) is 13.0. The summed E-state index contributed by atoms with van der Waals surface area (Å²) in [7, 11) is 0. The van der Waals surface area contributed by atoms with Gasteiger partial charge in [-0.25, -0.2) is 9.78 Å². The van der Waals surface area contributed by atoms with Gasteiger partial charge in [-0.15, -0.1) is 0 Å². The van der Waals surface area contributed by atoms with Crippen LogP contribution in [0.2, 0.25) is 0 Å². The van der Waals surface area contributed by atoms with Crippen LogP contribution in [0.4, 0.5) is 0 Å². The van der Waals surface area contributed by atoms with Crippen molar-refractivity contribution in [2.75, 3.05) is 0 Å². The van der Waals surface area contributed by atoms with Gasteiger partial charge < -0.3 is 9.47 Å². The van der Waals surface area contributed by atoms with E-state index in [1.54, 1.807) is 0 Å². The van der Waals surface area contributed by atoms with Gasteiger partial charge in [0.2, 0.25) is 12.1 Å². The number of ether oxygens (including phenoxy) is 2. The Kier molecular flexibility index (Phi) is 2.58. The van der Waals surface area contributed by atoms with Crippen LogP contribution >= 0.6 is 0 Å². The first-order chi connectivity index (χ1) is 9.46. The molecule has 0 N–H and O–H groups in total. The molecule has 112 valence electrons. The zero-order valence-electron chi connectivity index (χ0n) is 12.3. The lowest BCUT2D eigenvalue weighted by molar-refractivity contribution is -0.559. The van der Waals surface area contributed by atoms with Crippen LogP contribution < -0.4 is 0 Å². The summed E-state index contributed by atoms with van der Waals surface area (Å²) >= 11 is 0. The lowest BCUT2D eigenvalue weighted by Crippen LogP contribution is -2.69. The molecule has 5 heteroatoms. The van der Waals surface area contributed by atoms with Crippen LogP contribution in [0.3, 0.4) is 0 Å². The summed E-state index contributed by atoms with van der Waals surface area (Å²) in [6.07, 6.45) is 3.24. The van der Waals surface area contributed by atoms with Crippen molar-refractivity contribution in [3.63, 3.8) is 0 Å². The molecule has 4 saturated heterocycles. The van der Waals surface area contributed by atoms with Gasteiger partial charge in [0.05, 0.1) is 5.92 Å². The largest absolute Gasteiger partial charge is 0.432 e. The van der Waals surface area contributed by atoms with Gasteiger partial charge in [-0.1, -0.05) is 13.8 Å². The zero-order valence-corrected chi connectivity index (χ0v) is 12.3. The van der Waals surface area contributed by atoms with E-state index in [2.05, 4.69) is 6.92 Å². The number of fused-ring (bicyclic) bond motifs is 2. The maximum atomic E-state index is 12.1. The van der Waals surface area contributed by atoms with E-state index in [1.165, 1.54) is 0 Å². The topological polar surface area (TPSA) is 54.0 Å². The molecule has 20 heavy (non-hydrogen) atoms. The van der Waals surface area contributed by atoms with Crippen molar-refractivity contribution in [2.24, 2.45) is 23.7 Å². The highest BCUT2D eigenvalue weighted by atomic mass is 17.3. The van der Waals surface area contributed by atoms with Crippen molar-refractivity contribution in [1.82, 2.24) is 0 Å². The fourth-order valence-corrected chi connectivity index (χ4v) is 4.76. The van der Waals surface area contributed by atoms with Crippen LogP contribution in [0.5, 0.6) is 0 Å². The third kappa shape index (κ3) is 1.46. The second-order valence-electron chi connectivity index (χ2n) is 7.14. The SMILES string of the molecule is C[C@@H]1CCC2[C@@H](C)C(=O)OC3O[C@]4(C)CCC1[C@]32OO4. The van der Waals surface area contributed by atoms with Crippen molar-refractivity contribution in [1.29, 1.82) is 0 Å². The zero-order chi connectivity index (χ0) is 14.1. The van der Waals surface area contributed by atoms with Crippen LogP contribution in [0, 0.1) is 23.7 Å². The smallest absolute Gasteiger partial charge is 0.311 e. The summed E-state index contributed by atoms with van der Waals surface area (Å²) in [5.41, 5.74) is -0.610. The molecule has 5 aliphatic rings. The Labute approximate surface area is 118 Å². The molecule has 4 aliphatic heterocycles. The lowest BCUT2D eigenvalue weighted by Gasteiger charge is -2.57. The van der Waals surface area contributed by atoms with Gasteiger partial charge in [-0.3, -0.25) is 4.79 Å². The molecular weight excluding hydrogens is 260 g/mol. The number of rotatable bonds is 0. The Bertz CT molecular complexity index is 452. The Morgan fingerprint density at radius 1 is 1.10 bits per heavy atom. The predicted molar refractivity (Wildman–Crippen MR) is 68.0 cm³/mol. The molecule has 0 aromatic carbocycles. The van der Waals surface area contributed by atoms with E-state index in [4.69, 9.17) is 19.2 Å². The van der Waals surface area contributed by atoms with Gasteiger partial charge in [0.15, 0.2) is 5.60 Å². The van der Waals surface area contributed by atoms with E-state index in [0.717, 1.165) is 25.7 Å². The molecule has 0 amide bonds. The summed E-state index contributed by atoms with van der Waals surface area (Å²) < 4.78 is 11.6. The van der Waals surface area contributed by atoms with Gasteiger partial charge in [0, 0.05) is 18.3 Å². The highest BCUT2D eigenvalue weighted by Gasteiger charge is 2.69. The highest BCUT2D eigenvalue weighted by Crippen LogP contribution is 2.59. The van der Waals surface area contributed by atoms with E-state index < -0.39 is 17.7 Å². The molecule has 5 fully saturated rings. The minimum Gasteiger partial charge on any atom is -0.432 e. The first-order valence-corrected chi connectivity index (χ1v) is 7.71. The van der Waals surface area contributed by atoms with Crippen LogP contribution in [-0.2, 0) is 24.0 Å².